The average molecular weight is 372 g/mol. The molecule has 2 rings (SSSR count). The number of hydrogen-bond acceptors (Lipinski definition) is 5. The molecule has 0 aliphatic heterocycles. The van der Waals surface area contributed by atoms with E-state index in [-0.39, 0.29) is 0 Å². The number of nitrogens with one attached hydrogen (secondary N) is 1. The van der Waals surface area contributed by atoms with E-state index >= 15 is 0 Å². The van der Waals surface area contributed by atoms with Crippen LogP contribution in [0.4, 0.5) is 5.95 Å². The number of aromatic nitrogens is 3. The van der Waals surface area contributed by atoms with Crippen LogP contribution in [0.25, 0.3) is 0 Å². The van der Waals surface area contributed by atoms with Crippen molar-refractivity contribution >= 4 is 33.5 Å². The van der Waals surface area contributed by atoms with E-state index in [9.17, 15) is 0 Å². The van der Waals surface area contributed by atoms with Crippen LogP contribution in [-0.4, -0.2) is 21.6 Å². The van der Waals surface area contributed by atoms with E-state index in [2.05, 4.69) is 50.0 Å². The van der Waals surface area contributed by atoms with Crippen LogP contribution in [0, 0.1) is 5.92 Å². The zero-order valence-electron chi connectivity index (χ0n) is 11.8. The standard InChI is InChI=1S/C14H16BrClN4O/c1-9(2)8-21-13-12(16)3-10(4-17-13)5-18-14-19-6-11(15)7-20-14/h3-4,6-7,9H,5,8H2,1-2H3,(H,18,19,20). The molecule has 0 unspecified atom stereocenters. The number of anilines is 1. The summed E-state index contributed by atoms with van der Waals surface area (Å²) < 4.78 is 6.37. The Balaban J connectivity index is 1.95. The molecule has 0 aromatic carbocycles. The summed E-state index contributed by atoms with van der Waals surface area (Å²) in [7, 11) is 0. The van der Waals surface area contributed by atoms with Crippen LogP contribution in [0.3, 0.4) is 0 Å². The molecule has 0 fully saturated rings. The molecule has 0 aliphatic carbocycles. The number of hydrogen-bond donors (Lipinski definition) is 1. The zero-order valence-corrected chi connectivity index (χ0v) is 14.1. The first kappa shape index (κ1) is 16.0. The summed E-state index contributed by atoms with van der Waals surface area (Å²) in [5, 5.41) is 3.61. The highest BCUT2D eigenvalue weighted by atomic mass is 79.9. The van der Waals surface area contributed by atoms with Gasteiger partial charge in [0.1, 0.15) is 5.02 Å². The van der Waals surface area contributed by atoms with Gasteiger partial charge in [0.2, 0.25) is 11.8 Å². The molecule has 0 atom stereocenters. The molecule has 0 amide bonds. The van der Waals surface area contributed by atoms with E-state index in [0.717, 1.165) is 10.0 Å². The molecule has 0 aliphatic rings. The molecule has 112 valence electrons. The maximum atomic E-state index is 6.16. The first-order valence-electron chi connectivity index (χ1n) is 6.53. The fraction of sp³-hybridized carbons (Fsp3) is 0.357. The fourth-order valence-corrected chi connectivity index (χ4v) is 1.95. The third-order valence-electron chi connectivity index (χ3n) is 2.49. The molecule has 0 bridgehead atoms. The molecule has 1 N–H and O–H groups in total. The smallest absolute Gasteiger partial charge is 0.232 e. The molecular formula is C14H16BrClN4O. The summed E-state index contributed by atoms with van der Waals surface area (Å²) >= 11 is 9.45. The van der Waals surface area contributed by atoms with Crippen LogP contribution in [0.5, 0.6) is 5.88 Å². The summed E-state index contributed by atoms with van der Waals surface area (Å²) in [6.07, 6.45) is 5.10. The van der Waals surface area contributed by atoms with Gasteiger partial charge in [0.15, 0.2) is 0 Å². The van der Waals surface area contributed by atoms with Crippen molar-refractivity contribution in [2.75, 3.05) is 11.9 Å². The highest BCUT2D eigenvalue weighted by molar-refractivity contribution is 9.10. The van der Waals surface area contributed by atoms with Crippen LogP contribution in [0.1, 0.15) is 19.4 Å². The lowest BCUT2D eigenvalue weighted by molar-refractivity contribution is 0.261. The van der Waals surface area contributed by atoms with E-state index in [1.807, 2.05) is 6.07 Å². The second-order valence-electron chi connectivity index (χ2n) is 4.91. The van der Waals surface area contributed by atoms with Crippen LogP contribution < -0.4 is 10.1 Å². The first-order valence-corrected chi connectivity index (χ1v) is 7.70. The van der Waals surface area contributed by atoms with Gasteiger partial charge in [-0.3, -0.25) is 0 Å². The summed E-state index contributed by atoms with van der Waals surface area (Å²) in [5.74, 6) is 1.45. The van der Waals surface area contributed by atoms with E-state index in [4.69, 9.17) is 16.3 Å². The van der Waals surface area contributed by atoms with Crippen molar-refractivity contribution in [1.82, 2.24) is 15.0 Å². The van der Waals surface area contributed by atoms with Crippen molar-refractivity contribution in [2.45, 2.75) is 20.4 Å². The Labute approximate surface area is 137 Å². The van der Waals surface area contributed by atoms with Crippen LogP contribution in [0.15, 0.2) is 29.1 Å². The van der Waals surface area contributed by atoms with Gasteiger partial charge >= 0.3 is 0 Å². The molecule has 0 saturated heterocycles. The molecule has 5 nitrogen and oxygen atoms in total. The number of nitrogens with zero attached hydrogens (tertiary/aromatic N) is 3. The Morgan fingerprint density at radius 2 is 1.95 bits per heavy atom. The van der Waals surface area contributed by atoms with Gasteiger partial charge in [0, 0.05) is 25.1 Å². The zero-order chi connectivity index (χ0) is 15.2. The quantitative estimate of drug-likeness (QED) is 0.833. The fourth-order valence-electron chi connectivity index (χ4n) is 1.50. The lowest BCUT2D eigenvalue weighted by atomic mass is 10.2. The average Bonchev–Trinajstić information content (AvgIpc) is 2.45. The second kappa shape index (κ2) is 7.56. The lowest BCUT2D eigenvalue weighted by Crippen LogP contribution is -2.07. The normalized spacial score (nSPS) is 10.7. The van der Waals surface area contributed by atoms with Gasteiger partial charge in [-0.1, -0.05) is 25.4 Å². The molecule has 2 heterocycles. The minimum absolute atomic E-state index is 0.429. The first-order chi connectivity index (χ1) is 10.0. The predicted octanol–water partition coefficient (Wildman–Crippen LogP) is 3.93. The molecule has 0 radical (unpaired) electrons. The number of rotatable bonds is 6. The van der Waals surface area contributed by atoms with Crippen molar-refractivity contribution in [3.63, 3.8) is 0 Å². The SMILES string of the molecule is CC(C)COc1ncc(CNc2ncc(Br)cn2)cc1Cl. The Bertz CT molecular complexity index is 592. The Hall–Kier alpha value is -1.40. The summed E-state index contributed by atoms with van der Waals surface area (Å²) in [4.78, 5) is 12.5. The largest absolute Gasteiger partial charge is 0.476 e. The Morgan fingerprint density at radius 1 is 1.24 bits per heavy atom. The summed E-state index contributed by atoms with van der Waals surface area (Å²) in [6.45, 7) is 5.28. The number of halogens is 2. The number of pyridine rings is 1. The van der Waals surface area contributed by atoms with Crippen molar-refractivity contribution < 1.29 is 4.74 Å². The lowest BCUT2D eigenvalue weighted by Gasteiger charge is -2.10. The van der Waals surface area contributed by atoms with E-state index < -0.39 is 0 Å². The Kier molecular flexibility index (Phi) is 5.76. The van der Waals surface area contributed by atoms with Gasteiger partial charge in [0.05, 0.1) is 11.1 Å². The van der Waals surface area contributed by atoms with Crippen molar-refractivity contribution in [3.05, 3.63) is 39.7 Å². The van der Waals surface area contributed by atoms with Crippen LogP contribution >= 0.6 is 27.5 Å². The molecule has 7 heteroatoms. The van der Waals surface area contributed by atoms with E-state index in [1.165, 1.54) is 0 Å². The van der Waals surface area contributed by atoms with Crippen LogP contribution in [0.2, 0.25) is 5.02 Å². The maximum absolute atomic E-state index is 6.16. The molecule has 0 saturated carbocycles. The monoisotopic (exact) mass is 370 g/mol. The predicted molar refractivity (Wildman–Crippen MR) is 86.6 cm³/mol. The van der Waals surface area contributed by atoms with Crippen molar-refractivity contribution in [1.29, 1.82) is 0 Å². The second-order valence-corrected chi connectivity index (χ2v) is 6.24. The molecule has 0 spiro atoms. The van der Waals surface area contributed by atoms with Crippen molar-refractivity contribution in [3.8, 4) is 5.88 Å². The molecule has 21 heavy (non-hydrogen) atoms. The van der Waals surface area contributed by atoms with E-state index in [0.29, 0.717) is 35.9 Å². The van der Waals surface area contributed by atoms with Gasteiger partial charge in [-0.15, -0.1) is 0 Å². The van der Waals surface area contributed by atoms with Gasteiger partial charge < -0.3 is 10.1 Å². The molecular weight excluding hydrogens is 356 g/mol. The minimum atomic E-state index is 0.429. The highest BCUT2D eigenvalue weighted by Gasteiger charge is 2.06. The minimum Gasteiger partial charge on any atom is -0.476 e. The molecule has 2 aromatic heterocycles. The Morgan fingerprint density at radius 3 is 2.57 bits per heavy atom. The van der Waals surface area contributed by atoms with Gasteiger partial charge in [-0.2, -0.15) is 0 Å². The van der Waals surface area contributed by atoms with Crippen molar-refractivity contribution in [2.24, 2.45) is 5.92 Å². The highest BCUT2D eigenvalue weighted by Crippen LogP contribution is 2.23. The maximum Gasteiger partial charge on any atom is 0.232 e. The third kappa shape index (κ3) is 5.13. The summed E-state index contributed by atoms with van der Waals surface area (Å²) in [6, 6.07) is 1.83. The van der Waals surface area contributed by atoms with Crippen LogP contribution in [-0.2, 0) is 6.54 Å². The molecule has 2 aromatic rings. The third-order valence-corrected chi connectivity index (χ3v) is 3.17. The van der Waals surface area contributed by atoms with Gasteiger partial charge in [-0.25, -0.2) is 15.0 Å². The topological polar surface area (TPSA) is 59.9 Å². The number of ether oxygens (including phenoxy) is 1. The van der Waals surface area contributed by atoms with Gasteiger partial charge in [-0.05, 0) is 33.5 Å². The van der Waals surface area contributed by atoms with Gasteiger partial charge in [0.25, 0.3) is 0 Å². The van der Waals surface area contributed by atoms with E-state index in [1.54, 1.807) is 18.6 Å². The summed E-state index contributed by atoms with van der Waals surface area (Å²) in [5.41, 5.74) is 0.934.